The van der Waals surface area contributed by atoms with Crippen molar-refractivity contribution in [1.29, 1.82) is 0 Å². The van der Waals surface area contributed by atoms with Crippen molar-refractivity contribution in [3.8, 4) is 0 Å². The van der Waals surface area contributed by atoms with Gasteiger partial charge in [0.15, 0.2) is 5.41 Å². The number of hydrogen-bond acceptors (Lipinski definition) is 2. The molecule has 104 valence electrons. The van der Waals surface area contributed by atoms with E-state index in [1.54, 1.807) is 54.6 Å². The van der Waals surface area contributed by atoms with E-state index >= 15 is 0 Å². The highest BCUT2D eigenvalue weighted by molar-refractivity contribution is 6.10. The Hall–Kier alpha value is -2.88. The van der Waals surface area contributed by atoms with Crippen LogP contribution in [0.1, 0.15) is 16.7 Å². The van der Waals surface area contributed by atoms with E-state index in [-0.39, 0.29) is 5.57 Å². The van der Waals surface area contributed by atoms with Crippen LogP contribution in [0.5, 0.6) is 0 Å². The molecule has 0 heterocycles. The van der Waals surface area contributed by atoms with Gasteiger partial charge >= 0.3 is 11.9 Å². The molecule has 2 aromatic carbocycles. The van der Waals surface area contributed by atoms with E-state index in [9.17, 15) is 19.8 Å². The van der Waals surface area contributed by atoms with Crippen molar-refractivity contribution in [2.24, 2.45) is 0 Å². The summed E-state index contributed by atoms with van der Waals surface area (Å²) in [6, 6.07) is 15.4. The zero-order chi connectivity index (χ0) is 15.0. The van der Waals surface area contributed by atoms with Crippen LogP contribution in [0.3, 0.4) is 0 Å². The molecule has 1 atom stereocenters. The molecule has 0 spiro atoms. The standard InChI is InChI=1S/C17H12O4/c18-15(19)14-10-11-6-4-5-9-13(11)17(14,16(20)21)12-7-2-1-3-8-12/h1-10H,(H,18,19)(H,20,21). The highest BCUT2D eigenvalue weighted by Gasteiger charge is 2.52. The fourth-order valence-corrected chi connectivity index (χ4v) is 2.95. The molecule has 0 amide bonds. The summed E-state index contributed by atoms with van der Waals surface area (Å²) in [5.74, 6) is -2.41. The summed E-state index contributed by atoms with van der Waals surface area (Å²) in [5.41, 5.74) is -0.246. The fraction of sp³-hybridized carbons (Fsp3) is 0.0588. The minimum Gasteiger partial charge on any atom is -0.480 e. The molecule has 0 saturated carbocycles. The first-order chi connectivity index (χ1) is 10.1. The predicted octanol–water partition coefficient (Wildman–Crippen LogP) is 2.54. The van der Waals surface area contributed by atoms with E-state index in [2.05, 4.69) is 0 Å². The molecule has 2 aromatic rings. The highest BCUT2D eigenvalue weighted by atomic mass is 16.4. The van der Waals surface area contributed by atoms with Crippen molar-refractivity contribution < 1.29 is 19.8 Å². The van der Waals surface area contributed by atoms with E-state index in [1.807, 2.05) is 0 Å². The first-order valence-corrected chi connectivity index (χ1v) is 6.42. The first-order valence-electron chi connectivity index (χ1n) is 6.42. The van der Waals surface area contributed by atoms with Gasteiger partial charge in [0.2, 0.25) is 0 Å². The lowest BCUT2D eigenvalue weighted by molar-refractivity contribution is -0.144. The Morgan fingerprint density at radius 2 is 1.48 bits per heavy atom. The van der Waals surface area contributed by atoms with Gasteiger partial charge in [-0.05, 0) is 22.8 Å². The summed E-state index contributed by atoms with van der Waals surface area (Å²) in [5, 5.41) is 19.4. The quantitative estimate of drug-likeness (QED) is 0.906. The number of hydrogen-bond donors (Lipinski definition) is 2. The van der Waals surface area contributed by atoms with Crippen LogP contribution in [0.25, 0.3) is 6.08 Å². The van der Waals surface area contributed by atoms with E-state index in [1.165, 1.54) is 6.08 Å². The molecule has 0 aromatic heterocycles. The summed E-state index contributed by atoms with van der Waals surface area (Å²) in [6.07, 6.45) is 1.44. The molecule has 4 nitrogen and oxygen atoms in total. The average Bonchev–Trinajstić information content (AvgIpc) is 2.84. The maximum absolute atomic E-state index is 12.1. The molecule has 0 fully saturated rings. The van der Waals surface area contributed by atoms with Gasteiger partial charge in [-0.25, -0.2) is 4.79 Å². The lowest BCUT2D eigenvalue weighted by atomic mass is 9.71. The topological polar surface area (TPSA) is 74.6 Å². The molecule has 1 unspecified atom stereocenters. The summed E-state index contributed by atoms with van der Waals surface area (Å²) < 4.78 is 0. The average molecular weight is 280 g/mol. The normalized spacial score (nSPS) is 19.7. The van der Waals surface area contributed by atoms with Crippen LogP contribution >= 0.6 is 0 Å². The third-order valence-electron chi connectivity index (χ3n) is 3.83. The molecular weight excluding hydrogens is 268 g/mol. The van der Waals surface area contributed by atoms with Crippen LogP contribution in [0.2, 0.25) is 0 Å². The van der Waals surface area contributed by atoms with E-state index in [4.69, 9.17) is 0 Å². The lowest BCUT2D eigenvalue weighted by Crippen LogP contribution is -2.39. The molecule has 0 saturated heterocycles. The SMILES string of the molecule is O=C(O)C1=Cc2ccccc2C1(C(=O)O)c1ccccc1. The highest BCUT2D eigenvalue weighted by Crippen LogP contribution is 2.47. The maximum atomic E-state index is 12.1. The molecule has 2 N–H and O–H groups in total. The van der Waals surface area contributed by atoms with Gasteiger partial charge in [-0.15, -0.1) is 0 Å². The van der Waals surface area contributed by atoms with Crippen molar-refractivity contribution in [2.45, 2.75) is 5.41 Å². The third-order valence-corrected chi connectivity index (χ3v) is 3.83. The number of carboxylic acid groups (broad SMARTS) is 2. The number of aliphatic carboxylic acids is 2. The van der Waals surface area contributed by atoms with Crippen LogP contribution in [0.15, 0.2) is 60.2 Å². The smallest absolute Gasteiger partial charge is 0.333 e. The van der Waals surface area contributed by atoms with Crippen LogP contribution in [-0.2, 0) is 15.0 Å². The molecule has 0 bridgehead atoms. The minimum absolute atomic E-state index is 0.137. The summed E-state index contributed by atoms with van der Waals surface area (Å²) in [4.78, 5) is 23.7. The molecule has 1 aliphatic rings. The Morgan fingerprint density at radius 1 is 0.857 bits per heavy atom. The number of carbonyl (C=O) groups is 2. The summed E-state index contributed by atoms with van der Waals surface area (Å²) in [6.45, 7) is 0. The number of carboxylic acids is 2. The summed E-state index contributed by atoms with van der Waals surface area (Å²) >= 11 is 0. The Labute approximate surface area is 121 Å². The first kappa shape index (κ1) is 13.1. The van der Waals surface area contributed by atoms with Crippen LogP contribution in [-0.4, -0.2) is 22.2 Å². The van der Waals surface area contributed by atoms with Gasteiger partial charge in [0.1, 0.15) is 0 Å². The maximum Gasteiger partial charge on any atom is 0.333 e. The molecular formula is C17H12O4. The minimum atomic E-state index is -1.66. The zero-order valence-electron chi connectivity index (χ0n) is 11.0. The van der Waals surface area contributed by atoms with Crippen molar-refractivity contribution in [3.05, 3.63) is 76.9 Å². The molecule has 1 aliphatic carbocycles. The fourth-order valence-electron chi connectivity index (χ4n) is 2.95. The Morgan fingerprint density at radius 3 is 2.10 bits per heavy atom. The number of fused-ring (bicyclic) bond motifs is 1. The Bertz CT molecular complexity index is 761. The van der Waals surface area contributed by atoms with Gasteiger partial charge in [0.25, 0.3) is 0 Å². The van der Waals surface area contributed by atoms with Gasteiger partial charge < -0.3 is 10.2 Å². The largest absolute Gasteiger partial charge is 0.480 e. The van der Waals surface area contributed by atoms with Gasteiger partial charge in [-0.3, -0.25) is 4.79 Å². The Balaban J connectivity index is 2.40. The van der Waals surface area contributed by atoms with Crippen molar-refractivity contribution in [2.75, 3.05) is 0 Å². The third kappa shape index (κ3) is 1.69. The van der Waals surface area contributed by atoms with E-state index < -0.39 is 17.4 Å². The van der Waals surface area contributed by atoms with Crippen LogP contribution < -0.4 is 0 Å². The molecule has 4 heteroatoms. The van der Waals surface area contributed by atoms with Crippen LogP contribution in [0, 0.1) is 0 Å². The summed E-state index contributed by atoms with van der Waals surface area (Å²) in [7, 11) is 0. The second-order valence-corrected chi connectivity index (χ2v) is 4.87. The van der Waals surface area contributed by atoms with E-state index in [0.717, 1.165) is 0 Å². The van der Waals surface area contributed by atoms with Gasteiger partial charge in [0.05, 0.1) is 5.57 Å². The van der Waals surface area contributed by atoms with Gasteiger partial charge in [0, 0.05) is 0 Å². The molecule has 3 rings (SSSR count). The van der Waals surface area contributed by atoms with Gasteiger partial charge in [-0.2, -0.15) is 0 Å². The van der Waals surface area contributed by atoms with Crippen molar-refractivity contribution in [3.63, 3.8) is 0 Å². The lowest BCUT2D eigenvalue weighted by Gasteiger charge is -2.28. The predicted molar refractivity (Wildman–Crippen MR) is 76.9 cm³/mol. The van der Waals surface area contributed by atoms with E-state index in [0.29, 0.717) is 16.7 Å². The zero-order valence-corrected chi connectivity index (χ0v) is 11.0. The monoisotopic (exact) mass is 280 g/mol. The van der Waals surface area contributed by atoms with Crippen molar-refractivity contribution >= 4 is 18.0 Å². The molecule has 21 heavy (non-hydrogen) atoms. The van der Waals surface area contributed by atoms with Crippen molar-refractivity contribution in [1.82, 2.24) is 0 Å². The number of rotatable bonds is 3. The Kier molecular flexibility index (Phi) is 2.87. The van der Waals surface area contributed by atoms with Crippen LogP contribution in [0.4, 0.5) is 0 Å². The van der Waals surface area contributed by atoms with Gasteiger partial charge in [-0.1, -0.05) is 54.6 Å². The second kappa shape index (κ2) is 4.59. The second-order valence-electron chi connectivity index (χ2n) is 4.87. The number of benzene rings is 2. The molecule has 0 aliphatic heterocycles. The molecule has 0 radical (unpaired) electrons.